The fourth-order valence-electron chi connectivity index (χ4n) is 2.17. The standard InChI is InChI=1S/C17H19ClN2O3S/c1-13-3-5-14(6-4-13)17(21)19-11-12-20(24(2,22)23)16-9-7-15(18)8-10-16/h3-10H,11-12H2,1-2H3,(H,19,21). The summed E-state index contributed by atoms with van der Waals surface area (Å²) >= 11 is 5.83. The van der Waals surface area contributed by atoms with Gasteiger partial charge in [-0.1, -0.05) is 29.3 Å². The maximum atomic E-state index is 12.1. The quantitative estimate of drug-likeness (QED) is 0.854. The molecule has 2 aromatic carbocycles. The fourth-order valence-corrected chi connectivity index (χ4v) is 3.23. The molecule has 0 aliphatic carbocycles. The Morgan fingerprint density at radius 2 is 1.67 bits per heavy atom. The van der Waals surface area contributed by atoms with Gasteiger partial charge in [-0.25, -0.2) is 8.42 Å². The largest absolute Gasteiger partial charge is 0.350 e. The molecule has 7 heteroatoms. The minimum atomic E-state index is -3.46. The van der Waals surface area contributed by atoms with E-state index in [0.29, 0.717) is 16.3 Å². The van der Waals surface area contributed by atoms with Crippen molar-refractivity contribution in [3.05, 3.63) is 64.7 Å². The number of rotatable bonds is 6. The van der Waals surface area contributed by atoms with Gasteiger partial charge >= 0.3 is 0 Å². The van der Waals surface area contributed by atoms with Gasteiger partial charge in [-0.2, -0.15) is 0 Å². The van der Waals surface area contributed by atoms with E-state index in [-0.39, 0.29) is 19.0 Å². The van der Waals surface area contributed by atoms with E-state index in [4.69, 9.17) is 11.6 Å². The first-order valence-electron chi connectivity index (χ1n) is 7.35. The van der Waals surface area contributed by atoms with Gasteiger partial charge in [0.15, 0.2) is 0 Å². The normalized spacial score (nSPS) is 11.1. The van der Waals surface area contributed by atoms with Crippen LogP contribution in [-0.4, -0.2) is 33.7 Å². The van der Waals surface area contributed by atoms with Crippen LogP contribution in [0.5, 0.6) is 0 Å². The highest BCUT2D eigenvalue weighted by molar-refractivity contribution is 7.92. The van der Waals surface area contributed by atoms with Crippen molar-refractivity contribution >= 4 is 33.2 Å². The third-order valence-corrected chi connectivity index (χ3v) is 4.88. The molecule has 1 amide bonds. The number of carbonyl (C=O) groups is 1. The van der Waals surface area contributed by atoms with Crippen LogP contribution in [0.2, 0.25) is 5.02 Å². The Bertz CT molecular complexity index is 803. The number of nitrogens with one attached hydrogen (secondary N) is 1. The molecule has 1 N–H and O–H groups in total. The van der Waals surface area contributed by atoms with Crippen molar-refractivity contribution < 1.29 is 13.2 Å². The first-order valence-corrected chi connectivity index (χ1v) is 9.58. The van der Waals surface area contributed by atoms with Crippen molar-refractivity contribution in [1.82, 2.24) is 5.32 Å². The molecule has 0 aliphatic rings. The smallest absolute Gasteiger partial charge is 0.251 e. The summed E-state index contributed by atoms with van der Waals surface area (Å²) in [5.41, 5.74) is 2.11. The third-order valence-electron chi connectivity index (χ3n) is 3.43. The number of sulfonamides is 1. The van der Waals surface area contributed by atoms with Crippen molar-refractivity contribution in [2.45, 2.75) is 6.92 Å². The minimum Gasteiger partial charge on any atom is -0.350 e. The molecule has 0 spiro atoms. The fraction of sp³-hybridized carbons (Fsp3) is 0.235. The van der Waals surface area contributed by atoms with Gasteiger partial charge in [0.25, 0.3) is 5.91 Å². The predicted octanol–water partition coefficient (Wildman–Crippen LogP) is 2.84. The van der Waals surface area contributed by atoms with E-state index in [1.165, 1.54) is 4.31 Å². The Morgan fingerprint density at radius 3 is 2.21 bits per heavy atom. The van der Waals surface area contributed by atoms with Gasteiger partial charge in [0, 0.05) is 17.1 Å². The van der Waals surface area contributed by atoms with Gasteiger partial charge < -0.3 is 5.32 Å². The van der Waals surface area contributed by atoms with Gasteiger partial charge in [0.2, 0.25) is 10.0 Å². The Balaban J connectivity index is 2.02. The average molecular weight is 367 g/mol. The summed E-state index contributed by atoms with van der Waals surface area (Å²) < 4.78 is 25.2. The first kappa shape index (κ1) is 18.3. The second kappa shape index (κ2) is 7.68. The van der Waals surface area contributed by atoms with Crippen molar-refractivity contribution in [2.75, 3.05) is 23.7 Å². The molecule has 0 fully saturated rings. The van der Waals surface area contributed by atoms with Crippen LogP contribution in [0.25, 0.3) is 0 Å². The zero-order valence-electron chi connectivity index (χ0n) is 13.5. The highest BCUT2D eigenvalue weighted by Gasteiger charge is 2.17. The van der Waals surface area contributed by atoms with E-state index in [1.807, 2.05) is 19.1 Å². The molecule has 0 heterocycles. The van der Waals surface area contributed by atoms with Gasteiger partial charge in [-0.05, 0) is 43.3 Å². The van der Waals surface area contributed by atoms with Gasteiger partial charge in [0.05, 0.1) is 18.5 Å². The lowest BCUT2D eigenvalue weighted by Crippen LogP contribution is -2.38. The van der Waals surface area contributed by atoms with E-state index >= 15 is 0 Å². The summed E-state index contributed by atoms with van der Waals surface area (Å²) in [6.45, 7) is 2.28. The molecular weight excluding hydrogens is 348 g/mol. The van der Waals surface area contributed by atoms with Crippen LogP contribution in [0.15, 0.2) is 48.5 Å². The van der Waals surface area contributed by atoms with E-state index < -0.39 is 10.0 Å². The molecule has 24 heavy (non-hydrogen) atoms. The van der Waals surface area contributed by atoms with Gasteiger partial charge in [0.1, 0.15) is 0 Å². The molecular formula is C17H19ClN2O3S. The highest BCUT2D eigenvalue weighted by atomic mass is 35.5. The number of anilines is 1. The SMILES string of the molecule is Cc1ccc(C(=O)NCCN(c2ccc(Cl)cc2)S(C)(=O)=O)cc1. The van der Waals surface area contributed by atoms with Crippen molar-refractivity contribution in [2.24, 2.45) is 0 Å². The Labute approximate surface area is 147 Å². The lowest BCUT2D eigenvalue weighted by Gasteiger charge is -2.22. The van der Waals surface area contributed by atoms with E-state index in [9.17, 15) is 13.2 Å². The summed E-state index contributed by atoms with van der Waals surface area (Å²) in [6.07, 6.45) is 1.13. The Kier molecular flexibility index (Phi) is 5.85. The minimum absolute atomic E-state index is 0.137. The molecule has 2 rings (SSSR count). The number of nitrogens with zero attached hydrogens (tertiary/aromatic N) is 1. The number of hydrogen-bond acceptors (Lipinski definition) is 3. The molecule has 128 valence electrons. The van der Waals surface area contributed by atoms with Crippen molar-refractivity contribution in [3.8, 4) is 0 Å². The number of carbonyl (C=O) groups excluding carboxylic acids is 1. The maximum absolute atomic E-state index is 12.1. The molecule has 0 saturated carbocycles. The Hall–Kier alpha value is -2.05. The molecule has 0 radical (unpaired) electrons. The molecule has 0 bridgehead atoms. The van der Waals surface area contributed by atoms with Crippen LogP contribution in [0.1, 0.15) is 15.9 Å². The summed E-state index contributed by atoms with van der Waals surface area (Å²) in [6, 6.07) is 13.7. The van der Waals surface area contributed by atoms with Gasteiger partial charge in [-0.15, -0.1) is 0 Å². The van der Waals surface area contributed by atoms with Crippen LogP contribution in [0.4, 0.5) is 5.69 Å². The van der Waals surface area contributed by atoms with Gasteiger partial charge in [-0.3, -0.25) is 9.10 Å². The number of halogens is 1. The Morgan fingerprint density at radius 1 is 1.08 bits per heavy atom. The molecule has 0 unspecified atom stereocenters. The molecule has 0 aromatic heterocycles. The molecule has 5 nitrogen and oxygen atoms in total. The zero-order chi connectivity index (χ0) is 17.7. The second-order valence-corrected chi connectivity index (χ2v) is 7.78. The van der Waals surface area contributed by atoms with Crippen LogP contribution >= 0.6 is 11.6 Å². The number of hydrogen-bond donors (Lipinski definition) is 1. The maximum Gasteiger partial charge on any atom is 0.251 e. The monoisotopic (exact) mass is 366 g/mol. The molecule has 0 saturated heterocycles. The number of amides is 1. The molecule has 0 atom stereocenters. The lowest BCUT2D eigenvalue weighted by atomic mass is 10.1. The first-order chi connectivity index (χ1) is 11.3. The van der Waals surface area contributed by atoms with Crippen LogP contribution in [-0.2, 0) is 10.0 Å². The van der Waals surface area contributed by atoms with E-state index in [2.05, 4.69) is 5.32 Å². The van der Waals surface area contributed by atoms with E-state index in [0.717, 1.165) is 11.8 Å². The average Bonchev–Trinajstić information content (AvgIpc) is 2.52. The summed E-state index contributed by atoms with van der Waals surface area (Å²) in [5.74, 6) is -0.237. The summed E-state index contributed by atoms with van der Waals surface area (Å²) in [4.78, 5) is 12.1. The lowest BCUT2D eigenvalue weighted by molar-refractivity contribution is 0.0955. The highest BCUT2D eigenvalue weighted by Crippen LogP contribution is 2.19. The number of aryl methyl sites for hydroxylation is 1. The van der Waals surface area contributed by atoms with Crippen molar-refractivity contribution in [1.29, 1.82) is 0 Å². The molecule has 0 aliphatic heterocycles. The third kappa shape index (κ3) is 4.97. The second-order valence-electron chi connectivity index (χ2n) is 5.43. The molecule has 2 aromatic rings. The van der Waals surface area contributed by atoms with E-state index in [1.54, 1.807) is 36.4 Å². The van der Waals surface area contributed by atoms with Crippen LogP contribution in [0.3, 0.4) is 0 Å². The zero-order valence-corrected chi connectivity index (χ0v) is 15.1. The van der Waals surface area contributed by atoms with Crippen molar-refractivity contribution in [3.63, 3.8) is 0 Å². The van der Waals surface area contributed by atoms with Crippen LogP contribution in [0, 0.1) is 6.92 Å². The predicted molar refractivity (Wildman–Crippen MR) is 97.2 cm³/mol. The number of benzene rings is 2. The summed E-state index contributed by atoms with van der Waals surface area (Å²) in [7, 11) is -3.46. The summed E-state index contributed by atoms with van der Waals surface area (Å²) in [5, 5.41) is 3.26. The topological polar surface area (TPSA) is 66.5 Å². The van der Waals surface area contributed by atoms with Crippen LogP contribution < -0.4 is 9.62 Å².